The molecule has 1 saturated carbocycles. The maximum Gasteiger partial charge on any atom is 0.407 e. The van der Waals surface area contributed by atoms with Crippen LogP contribution in [0.3, 0.4) is 0 Å². The molecule has 3 saturated heterocycles. The van der Waals surface area contributed by atoms with Crippen molar-refractivity contribution in [1.29, 1.82) is 0 Å². The first kappa shape index (κ1) is 15.0. The third kappa shape index (κ3) is 2.28. The van der Waals surface area contributed by atoms with Crippen LogP contribution in [0.4, 0.5) is 14.0 Å². The van der Waals surface area contributed by atoms with Crippen LogP contribution in [-0.2, 0) is 4.74 Å². The maximum absolute atomic E-state index is 13.0. The Hall–Kier alpha value is -2.31. The lowest BCUT2D eigenvalue weighted by Crippen LogP contribution is -2.74. The van der Waals surface area contributed by atoms with E-state index in [-0.39, 0.29) is 22.8 Å². The van der Waals surface area contributed by atoms with Crippen LogP contribution in [0.25, 0.3) is 0 Å². The average Bonchev–Trinajstić information content (AvgIpc) is 2.87. The fourth-order valence-electron chi connectivity index (χ4n) is 4.80. The zero-order chi connectivity index (χ0) is 17.2. The van der Waals surface area contributed by atoms with Crippen LogP contribution >= 0.6 is 0 Å². The molecule has 132 valence electrons. The van der Waals surface area contributed by atoms with Crippen LogP contribution in [0.15, 0.2) is 24.3 Å². The van der Waals surface area contributed by atoms with Gasteiger partial charge in [0.05, 0.1) is 13.1 Å². The molecule has 0 aromatic heterocycles. The Morgan fingerprint density at radius 3 is 2.36 bits per heavy atom. The van der Waals surface area contributed by atoms with E-state index in [2.05, 4.69) is 5.32 Å². The van der Waals surface area contributed by atoms with E-state index in [9.17, 15) is 14.0 Å². The molecular weight excluding hydrogens is 325 g/mol. The van der Waals surface area contributed by atoms with Crippen LogP contribution in [0.1, 0.15) is 24.3 Å². The molecule has 25 heavy (non-hydrogen) atoms. The number of amides is 3. The van der Waals surface area contributed by atoms with Crippen LogP contribution in [0.5, 0.6) is 0 Å². The van der Waals surface area contributed by atoms with Gasteiger partial charge in [0.15, 0.2) is 0 Å². The Morgan fingerprint density at radius 2 is 1.76 bits per heavy atom. The van der Waals surface area contributed by atoms with Gasteiger partial charge in [-0.1, -0.05) is 12.1 Å². The van der Waals surface area contributed by atoms with Crippen molar-refractivity contribution in [3.8, 4) is 0 Å². The Morgan fingerprint density at radius 1 is 1.12 bits per heavy atom. The van der Waals surface area contributed by atoms with Gasteiger partial charge in [0.25, 0.3) is 0 Å². The lowest BCUT2D eigenvalue weighted by Gasteiger charge is -2.60. The van der Waals surface area contributed by atoms with Gasteiger partial charge in [0, 0.05) is 18.5 Å². The minimum atomic E-state index is -0.392. The molecule has 3 heterocycles. The highest BCUT2D eigenvalue weighted by atomic mass is 19.1. The van der Waals surface area contributed by atoms with E-state index in [0.29, 0.717) is 25.6 Å². The zero-order valence-electron chi connectivity index (χ0n) is 13.8. The molecule has 6 nitrogen and oxygen atoms in total. The summed E-state index contributed by atoms with van der Waals surface area (Å²) in [5, 5.41) is 2.79. The summed E-state index contributed by atoms with van der Waals surface area (Å²) < 4.78 is 17.9. The number of halogens is 1. The smallest absolute Gasteiger partial charge is 0.407 e. The first-order valence-corrected chi connectivity index (χ1v) is 8.70. The Labute approximate surface area is 144 Å². The number of rotatable bonds is 1. The van der Waals surface area contributed by atoms with Crippen molar-refractivity contribution >= 4 is 12.1 Å². The lowest BCUT2D eigenvalue weighted by atomic mass is 9.56. The van der Waals surface area contributed by atoms with Gasteiger partial charge >= 0.3 is 12.1 Å². The predicted octanol–water partition coefficient (Wildman–Crippen LogP) is 1.92. The summed E-state index contributed by atoms with van der Waals surface area (Å²) in [6, 6.07) is 6.82. The van der Waals surface area contributed by atoms with E-state index < -0.39 is 6.09 Å². The molecular formula is C18H20FN3O3. The number of carbonyl (C=O) groups excluding carboxylic acids is 2. The molecule has 3 amide bonds. The number of benzene rings is 1. The molecule has 4 fully saturated rings. The second-order valence-corrected chi connectivity index (χ2v) is 8.13. The molecule has 0 radical (unpaired) electrons. The summed E-state index contributed by atoms with van der Waals surface area (Å²) in [5.74, 6) is 0.283. The molecule has 0 bridgehead atoms. The summed E-state index contributed by atoms with van der Waals surface area (Å²) in [5.41, 5.74) is 1.08. The van der Waals surface area contributed by atoms with Crippen LogP contribution in [-0.4, -0.2) is 60.2 Å². The largest absolute Gasteiger partial charge is 0.447 e. The number of cyclic esters (lactones) is 1. The maximum atomic E-state index is 13.0. The van der Waals surface area contributed by atoms with Gasteiger partial charge in [-0.15, -0.1) is 0 Å². The number of hydrogen-bond acceptors (Lipinski definition) is 3. The molecule has 1 aromatic carbocycles. The predicted molar refractivity (Wildman–Crippen MR) is 86.6 cm³/mol. The van der Waals surface area contributed by atoms with Crippen LogP contribution in [0, 0.1) is 11.2 Å². The molecule has 7 heteroatoms. The summed E-state index contributed by atoms with van der Waals surface area (Å²) >= 11 is 0. The van der Waals surface area contributed by atoms with Crippen molar-refractivity contribution in [2.45, 2.75) is 24.3 Å². The minimum Gasteiger partial charge on any atom is -0.447 e. The summed E-state index contributed by atoms with van der Waals surface area (Å²) in [4.78, 5) is 27.3. The molecule has 3 aliphatic heterocycles. The molecule has 4 aliphatic rings. The van der Waals surface area contributed by atoms with Crippen molar-refractivity contribution in [3.63, 3.8) is 0 Å². The van der Waals surface area contributed by atoms with Crippen LogP contribution in [0.2, 0.25) is 0 Å². The third-order valence-corrected chi connectivity index (χ3v) is 6.13. The molecule has 5 rings (SSSR count). The number of likely N-dealkylation sites (tertiary alicyclic amines) is 2. The number of ether oxygens (including phenoxy) is 1. The third-order valence-electron chi connectivity index (χ3n) is 6.13. The van der Waals surface area contributed by atoms with Crippen molar-refractivity contribution < 1.29 is 18.7 Å². The van der Waals surface area contributed by atoms with Crippen molar-refractivity contribution in [1.82, 2.24) is 15.1 Å². The minimum absolute atomic E-state index is 0.0580. The Bertz CT molecular complexity index is 730. The van der Waals surface area contributed by atoms with Crippen molar-refractivity contribution in [3.05, 3.63) is 35.6 Å². The number of hydrogen-bond donors (Lipinski definition) is 1. The fraction of sp³-hybridized carbons (Fsp3) is 0.556. The highest BCUT2D eigenvalue weighted by Gasteiger charge is 2.57. The summed E-state index contributed by atoms with van der Waals surface area (Å²) in [7, 11) is 0. The lowest BCUT2D eigenvalue weighted by molar-refractivity contribution is -0.0636. The second kappa shape index (κ2) is 4.86. The number of alkyl carbamates (subject to hydrolysis) is 1. The number of urea groups is 1. The average molecular weight is 345 g/mol. The first-order chi connectivity index (χ1) is 12.0. The fourth-order valence-corrected chi connectivity index (χ4v) is 4.80. The van der Waals surface area contributed by atoms with E-state index in [0.717, 1.165) is 25.9 Å². The van der Waals surface area contributed by atoms with Gasteiger partial charge in [-0.2, -0.15) is 0 Å². The van der Waals surface area contributed by atoms with E-state index in [4.69, 9.17) is 4.74 Å². The van der Waals surface area contributed by atoms with Gasteiger partial charge in [0.2, 0.25) is 0 Å². The van der Waals surface area contributed by atoms with Crippen molar-refractivity contribution in [2.75, 3.05) is 32.8 Å². The van der Waals surface area contributed by atoms with Crippen LogP contribution < -0.4 is 5.32 Å². The van der Waals surface area contributed by atoms with Gasteiger partial charge in [-0.05, 0) is 36.5 Å². The molecule has 2 spiro atoms. The Balaban J connectivity index is 1.11. The van der Waals surface area contributed by atoms with Gasteiger partial charge in [0.1, 0.15) is 18.0 Å². The van der Waals surface area contributed by atoms with Crippen molar-refractivity contribution in [2.24, 2.45) is 5.41 Å². The van der Waals surface area contributed by atoms with Gasteiger partial charge < -0.3 is 19.9 Å². The summed E-state index contributed by atoms with van der Waals surface area (Å²) in [6.07, 6.45) is 1.74. The van der Waals surface area contributed by atoms with E-state index >= 15 is 0 Å². The standard InChI is InChI=1S/C18H20FN3O3/c19-14-3-1-12(2-4-14)13-5-17(6-13)7-21(8-17)16(24)22-9-18(10-22)11-25-15(23)20-18/h1-4,13H,5-11H2,(H,20,23). The quantitative estimate of drug-likeness (QED) is 0.846. The highest BCUT2D eigenvalue weighted by Crippen LogP contribution is 2.56. The highest BCUT2D eigenvalue weighted by molar-refractivity contribution is 5.79. The number of carbonyl (C=O) groups is 2. The normalized spacial score (nSPS) is 25.9. The Kier molecular flexibility index (Phi) is 2.92. The van der Waals surface area contributed by atoms with E-state index in [1.807, 2.05) is 17.0 Å². The second-order valence-electron chi connectivity index (χ2n) is 8.13. The molecule has 1 aliphatic carbocycles. The molecule has 1 aromatic rings. The summed E-state index contributed by atoms with van der Waals surface area (Å²) in [6.45, 7) is 3.00. The van der Waals surface area contributed by atoms with Gasteiger partial charge in [-0.25, -0.2) is 14.0 Å². The molecule has 0 atom stereocenters. The molecule has 1 N–H and O–H groups in total. The SMILES string of the molecule is O=C1NC2(CO1)CN(C(=O)N1CC3(CC(c4ccc(F)cc4)C3)C1)C2. The van der Waals surface area contributed by atoms with Gasteiger partial charge in [-0.3, -0.25) is 0 Å². The van der Waals surface area contributed by atoms with E-state index in [1.165, 1.54) is 17.7 Å². The topological polar surface area (TPSA) is 61.9 Å². The number of nitrogens with one attached hydrogen (secondary N) is 1. The number of nitrogens with zero attached hydrogens (tertiary/aromatic N) is 2. The first-order valence-electron chi connectivity index (χ1n) is 8.70. The molecule has 0 unspecified atom stereocenters. The zero-order valence-corrected chi connectivity index (χ0v) is 13.8. The monoisotopic (exact) mass is 345 g/mol. The van der Waals surface area contributed by atoms with E-state index in [1.54, 1.807) is 4.90 Å².